The van der Waals surface area contributed by atoms with Crippen LogP contribution in [-0.2, 0) is 13.1 Å². The van der Waals surface area contributed by atoms with Gasteiger partial charge in [-0.3, -0.25) is 4.68 Å². The molecule has 0 bridgehead atoms. The second kappa shape index (κ2) is 8.60. The van der Waals surface area contributed by atoms with Gasteiger partial charge in [-0.25, -0.2) is 4.99 Å². The third kappa shape index (κ3) is 4.68. The fraction of sp³-hybridized carbons (Fsp3) is 0.474. The Morgan fingerprint density at radius 3 is 2.81 bits per heavy atom. The van der Waals surface area contributed by atoms with Crippen molar-refractivity contribution in [2.75, 3.05) is 19.9 Å². The van der Waals surface area contributed by atoms with Gasteiger partial charge in [0.05, 0.1) is 12.2 Å². The summed E-state index contributed by atoms with van der Waals surface area (Å²) in [6.07, 6.45) is 0.983. The van der Waals surface area contributed by atoms with E-state index in [1.165, 1.54) is 5.69 Å². The lowest BCUT2D eigenvalue weighted by Gasteiger charge is -2.12. The lowest BCUT2D eigenvalue weighted by Crippen LogP contribution is -2.38. The number of nitrogens with zero attached hydrogens (tertiary/aromatic N) is 3. The molecule has 0 spiro atoms. The maximum absolute atomic E-state index is 5.42. The average Bonchev–Trinajstić information content (AvgIpc) is 3.21. The van der Waals surface area contributed by atoms with E-state index in [-0.39, 0.29) is 0 Å². The lowest BCUT2D eigenvalue weighted by molar-refractivity contribution is 0.174. The molecule has 2 N–H and O–H groups in total. The molecule has 1 aromatic carbocycles. The fourth-order valence-electron chi connectivity index (χ4n) is 2.89. The van der Waals surface area contributed by atoms with Gasteiger partial charge in [-0.1, -0.05) is 6.07 Å². The summed E-state index contributed by atoms with van der Waals surface area (Å²) >= 11 is 0. The van der Waals surface area contributed by atoms with Crippen molar-refractivity contribution in [1.82, 2.24) is 20.4 Å². The Morgan fingerprint density at radius 2 is 2.04 bits per heavy atom. The molecule has 1 aliphatic rings. The minimum atomic E-state index is 0.293. The van der Waals surface area contributed by atoms with Crippen LogP contribution in [0.2, 0.25) is 0 Å². The summed E-state index contributed by atoms with van der Waals surface area (Å²) in [7, 11) is 0. The molecule has 0 radical (unpaired) electrons. The normalized spacial score (nSPS) is 13.1. The Bertz CT molecular complexity index is 769. The number of fused-ring (bicyclic) bond motifs is 1. The molecule has 0 fully saturated rings. The first kappa shape index (κ1) is 18.1. The van der Waals surface area contributed by atoms with Gasteiger partial charge >= 0.3 is 0 Å². The second-order valence-corrected chi connectivity index (χ2v) is 6.31. The highest BCUT2D eigenvalue weighted by Gasteiger charge is 2.12. The van der Waals surface area contributed by atoms with E-state index in [0.717, 1.165) is 54.8 Å². The van der Waals surface area contributed by atoms with Gasteiger partial charge < -0.3 is 20.1 Å². The summed E-state index contributed by atoms with van der Waals surface area (Å²) in [6, 6.07) is 8.04. The Balaban J connectivity index is 1.50. The minimum absolute atomic E-state index is 0.293. The topological polar surface area (TPSA) is 72.7 Å². The fourth-order valence-corrected chi connectivity index (χ4v) is 2.89. The molecule has 0 saturated heterocycles. The number of ether oxygens (including phenoxy) is 2. The zero-order valence-electron chi connectivity index (χ0n) is 15.7. The van der Waals surface area contributed by atoms with E-state index < -0.39 is 0 Å². The van der Waals surface area contributed by atoms with Gasteiger partial charge in [0.2, 0.25) is 6.79 Å². The van der Waals surface area contributed by atoms with Crippen molar-refractivity contribution in [2.24, 2.45) is 4.99 Å². The van der Waals surface area contributed by atoms with Crippen LogP contribution in [0.15, 0.2) is 29.3 Å². The first-order valence-electron chi connectivity index (χ1n) is 9.07. The summed E-state index contributed by atoms with van der Waals surface area (Å²) < 4.78 is 12.8. The molecular weight excluding hydrogens is 330 g/mol. The van der Waals surface area contributed by atoms with Crippen LogP contribution in [0.3, 0.4) is 0 Å². The van der Waals surface area contributed by atoms with Crippen molar-refractivity contribution >= 4 is 5.96 Å². The van der Waals surface area contributed by atoms with Crippen LogP contribution < -0.4 is 20.1 Å². The molecule has 0 unspecified atom stereocenters. The summed E-state index contributed by atoms with van der Waals surface area (Å²) in [5.74, 6) is 2.41. The number of benzene rings is 1. The molecule has 7 heteroatoms. The van der Waals surface area contributed by atoms with E-state index in [1.807, 2.05) is 29.8 Å². The standard InChI is InChI=1S/C19H27N5O2/c1-4-20-19(21-8-5-9-24-15(3)10-14(2)23-24)22-12-16-6-7-17-18(11-16)26-13-25-17/h6-7,10-11H,4-5,8-9,12-13H2,1-3H3,(H2,20,21,22). The number of aryl methyl sites for hydroxylation is 3. The number of aliphatic imine (C=N–C) groups is 1. The molecule has 1 aliphatic heterocycles. The SMILES string of the molecule is CCNC(=NCc1ccc2c(c1)OCO2)NCCCn1nc(C)cc1C. The first-order chi connectivity index (χ1) is 12.7. The third-order valence-corrected chi connectivity index (χ3v) is 4.14. The van der Waals surface area contributed by atoms with E-state index >= 15 is 0 Å². The van der Waals surface area contributed by atoms with Crippen molar-refractivity contribution in [3.05, 3.63) is 41.2 Å². The summed E-state index contributed by atoms with van der Waals surface area (Å²) in [5, 5.41) is 11.2. The van der Waals surface area contributed by atoms with Gasteiger partial charge in [0.1, 0.15) is 0 Å². The highest BCUT2D eigenvalue weighted by atomic mass is 16.7. The molecule has 0 aliphatic carbocycles. The van der Waals surface area contributed by atoms with Crippen LogP contribution in [0.25, 0.3) is 0 Å². The largest absolute Gasteiger partial charge is 0.454 e. The average molecular weight is 357 g/mol. The number of nitrogens with one attached hydrogen (secondary N) is 2. The predicted molar refractivity (Wildman–Crippen MR) is 102 cm³/mol. The Labute approximate surface area is 154 Å². The number of aromatic nitrogens is 2. The van der Waals surface area contributed by atoms with Gasteiger partial charge in [-0.05, 0) is 51.0 Å². The molecule has 3 rings (SSSR count). The van der Waals surface area contributed by atoms with E-state index in [9.17, 15) is 0 Å². The number of hydrogen-bond donors (Lipinski definition) is 2. The quantitative estimate of drug-likeness (QED) is 0.452. The van der Waals surface area contributed by atoms with Crippen molar-refractivity contribution in [2.45, 2.75) is 40.3 Å². The van der Waals surface area contributed by atoms with Crippen LogP contribution in [0.5, 0.6) is 11.5 Å². The van der Waals surface area contributed by atoms with E-state index in [4.69, 9.17) is 9.47 Å². The zero-order valence-corrected chi connectivity index (χ0v) is 15.7. The molecule has 2 aromatic rings. The van der Waals surface area contributed by atoms with Crippen molar-refractivity contribution in [3.8, 4) is 11.5 Å². The molecule has 1 aromatic heterocycles. The molecule has 0 saturated carbocycles. The third-order valence-electron chi connectivity index (χ3n) is 4.14. The van der Waals surface area contributed by atoms with E-state index in [0.29, 0.717) is 13.3 Å². The number of hydrogen-bond acceptors (Lipinski definition) is 4. The molecule has 26 heavy (non-hydrogen) atoms. The van der Waals surface area contributed by atoms with Crippen LogP contribution >= 0.6 is 0 Å². The summed E-state index contributed by atoms with van der Waals surface area (Å²) in [5.41, 5.74) is 3.36. The number of guanidine groups is 1. The molecule has 7 nitrogen and oxygen atoms in total. The van der Waals surface area contributed by atoms with Crippen molar-refractivity contribution in [1.29, 1.82) is 0 Å². The summed E-state index contributed by atoms with van der Waals surface area (Å²) in [6.45, 7) is 9.61. The maximum Gasteiger partial charge on any atom is 0.231 e. The van der Waals surface area contributed by atoms with Crippen molar-refractivity contribution < 1.29 is 9.47 Å². The highest BCUT2D eigenvalue weighted by molar-refractivity contribution is 5.79. The van der Waals surface area contributed by atoms with Crippen LogP contribution in [0.4, 0.5) is 0 Å². The Hall–Kier alpha value is -2.70. The Kier molecular flexibility index (Phi) is 5.99. The number of rotatable bonds is 7. The van der Waals surface area contributed by atoms with Gasteiger partial charge in [0.25, 0.3) is 0 Å². The Morgan fingerprint density at radius 1 is 1.19 bits per heavy atom. The zero-order chi connectivity index (χ0) is 18.4. The van der Waals surface area contributed by atoms with Gasteiger partial charge in [0.15, 0.2) is 17.5 Å². The maximum atomic E-state index is 5.42. The van der Waals surface area contributed by atoms with Crippen molar-refractivity contribution in [3.63, 3.8) is 0 Å². The minimum Gasteiger partial charge on any atom is -0.454 e. The molecule has 0 atom stereocenters. The van der Waals surface area contributed by atoms with Gasteiger partial charge in [-0.15, -0.1) is 0 Å². The monoisotopic (exact) mass is 357 g/mol. The first-order valence-corrected chi connectivity index (χ1v) is 9.07. The molecular formula is C19H27N5O2. The summed E-state index contributed by atoms with van der Waals surface area (Å²) in [4.78, 5) is 4.65. The van der Waals surface area contributed by atoms with Crippen LogP contribution in [0, 0.1) is 13.8 Å². The van der Waals surface area contributed by atoms with Crippen LogP contribution in [0.1, 0.15) is 30.3 Å². The predicted octanol–water partition coefficient (Wildman–Crippen LogP) is 2.37. The second-order valence-electron chi connectivity index (χ2n) is 6.31. The molecule has 0 amide bonds. The highest BCUT2D eigenvalue weighted by Crippen LogP contribution is 2.32. The lowest BCUT2D eigenvalue weighted by atomic mass is 10.2. The molecule has 2 heterocycles. The van der Waals surface area contributed by atoms with E-state index in [2.05, 4.69) is 40.6 Å². The van der Waals surface area contributed by atoms with E-state index in [1.54, 1.807) is 0 Å². The van der Waals surface area contributed by atoms with Crippen LogP contribution in [-0.4, -0.2) is 35.6 Å². The smallest absolute Gasteiger partial charge is 0.231 e. The van der Waals surface area contributed by atoms with Gasteiger partial charge in [-0.2, -0.15) is 5.10 Å². The molecule has 140 valence electrons. The van der Waals surface area contributed by atoms with Gasteiger partial charge in [0, 0.05) is 25.3 Å².